The number of rotatable bonds is 9. The summed E-state index contributed by atoms with van der Waals surface area (Å²) in [5.74, 6) is -1.58. The van der Waals surface area contributed by atoms with Gasteiger partial charge >= 0.3 is 5.97 Å². The van der Waals surface area contributed by atoms with Crippen molar-refractivity contribution in [2.24, 2.45) is 16.3 Å². The molecule has 3 aromatic rings. The van der Waals surface area contributed by atoms with E-state index in [1.807, 2.05) is 0 Å². The lowest BCUT2D eigenvalue weighted by Crippen LogP contribution is -2.44. The van der Waals surface area contributed by atoms with Crippen molar-refractivity contribution in [2.75, 3.05) is 6.61 Å². The predicted molar refractivity (Wildman–Crippen MR) is 156 cm³/mol. The standard InChI is InChI=1S/C34H35FN2O5/c1-4-41-33(40)31-26(16-9-21-7-14-24(35)15-8-21)37-27-18-34(2,3)19-28(38)30(27)29(31)22-10-12-23(13-11-22)32(39)36-20-25-6-5-17-42-25/h5-8,10-15,17,29-30H,4,9,16,18-20H2,1-3H3,(H,36,39). The molecule has 1 saturated carbocycles. The molecule has 2 aromatic carbocycles. The number of fused-ring (bicyclic) bond motifs is 1. The highest BCUT2D eigenvalue weighted by Gasteiger charge is 2.48. The zero-order chi connectivity index (χ0) is 29.9. The van der Waals surface area contributed by atoms with E-state index in [9.17, 15) is 18.8 Å². The molecule has 0 radical (unpaired) electrons. The second kappa shape index (κ2) is 12.3. The van der Waals surface area contributed by atoms with Gasteiger partial charge in [-0.25, -0.2) is 9.18 Å². The third kappa shape index (κ3) is 6.43. The number of Topliss-reactive ketones (excluding diaryl/α,β-unsaturated/α-hetero) is 1. The molecule has 0 bridgehead atoms. The van der Waals surface area contributed by atoms with Crippen LogP contribution >= 0.6 is 0 Å². The number of aryl methyl sites for hydroxylation is 1. The van der Waals surface area contributed by atoms with Gasteiger partial charge in [0.2, 0.25) is 0 Å². The zero-order valence-electron chi connectivity index (χ0n) is 24.1. The van der Waals surface area contributed by atoms with Crippen LogP contribution < -0.4 is 5.32 Å². The lowest BCUT2D eigenvalue weighted by atomic mass is 9.63. The van der Waals surface area contributed by atoms with Crippen LogP contribution in [0.5, 0.6) is 0 Å². The van der Waals surface area contributed by atoms with E-state index in [0.29, 0.717) is 48.3 Å². The molecule has 7 nitrogen and oxygen atoms in total. The number of aliphatic imine (C=N–C) groups is 1. The molecule has 1 aromatic heterocycles. The molecule has 1 amide bonds. The number of nitrogens with one attached hydrogen (secondary N) is 1. The summed E-state index contributed by atoms with van der Waals surface area (Å²) in [6.45, 7) is 6.29. The Kier molecular flexibility index (Phi) is 8.52. The Morgan fingerprint density at radius 2 is 1.76 bits per heavy atom. The third-order valence-electron chi connectivity index (χ3n) is 7.85. The van der Waals surface area contributed by atoms with Gasteiger partial charge in [-0.15, -0.1) is 0 Å². The van der Waals surface area contributed by atoms with Crippen LogP contribution in [-0.2, 0) is 27.3 Å². The molecule has 2 aliphatic rings. The second-order valence-corrected chi connectivity index (χ2v) is 11.6. The minimum Gasteiger partial charge on any atom is -0.467 e. The van der Waals surface area contributed by atoms with E-state index in [4.69, 9.17) is 14.1 Å². The van der Waals surface area contributed by atoms with E-state index < -0.39 is 17.8 Å². The van der Waals surface area contributed by atoms with Crippen LogP contribution in [0.2, 0.25) is 0 Å². The third-order valence-corrected chi connectivity index (χ3v) is 7.85. The van der Waals surface area contributed by atoms with Crippen molar-refractivity contribution in [3.05, 3.63) is 106 Å². The van der Waals surface area contributed by atoms with E-state index in [2.05, 4.69) is 19.2 Å². The summed E-state index contributed by atoms with van der Waals surface area (Å²) in [4.78, 5) is 45.0. The van der Waals surface area contributed by atoms with Gasteiger partial charge in [0.25, 0.3) is 5.91 Å². The number of ether oxygens (including phenoxy) is 1. The Morgan fingerprint density at radius 1 is 1.02 bits per heavy atom. The monoisotopic (exact) mass is 570 g/mol. The SMILES string of the molecule is CCOC(=O)C1=C(CCc2ccc(F)cc2)N=C2CC(C)(C)CC(=O)C2C1c1ccc(C(=O)NCc2ccco2)cc1. The summed E-state index contributed by atoms with van der Waals surface area (Å²) in [6, 6.07) is 16.8. The first-order valence-corrected chi connectivity index (χ1v) is 14.3. The van der Waals surface area contributed by atoms with E-state index in [1.54, 1.807) is 61.7 Å². The molecule has 218 valence electrons. The number of allylic oxidation sites excluding steroid dienone is 1. The van der Waals surface area contributed by atoms with Crippen molar-refractivity contribution in [2.45, 2.75) is 58.9 Å². The molecule has 42 heavy (non-hydrogen) atoms. The lowest BCUT2D eigenvalue weighted by Gasteiger charge is -2.41. The van der Waals surface area contributed by atoms with Gasteiger partial charge < -0.3 is 14.5 Å². The highest BCUT2D eigenvalue weighted by molar-refractivity contribution is 6.12. The molecule has 1 fully saturated rings. The highest BCUT2D eigenvalue weighted by atomic mass is 19.1. The van der Waals surface area contributed by atoms with Crippen molar-refractivity contribution in [3.63, 3.8) is 0 Å². The smallest absolute Gasteiger partial charge is 0.336 e. The summed E-state index contributed by atoms with van der Waals surface area (Å²) < 4.78 is 24.3. The predicted octanol–water partition coefficient (Wildman–Crippen LogP) is 6.34. The van der Waals surface area contributed by atoms with Crippen LogP contribution in [0, 0.1) is 17.2 Å². The number of carbonyl (C=O) groups excluding carboxylic acids is 3. The van der Waals surface area contributed by atoms with Gasteiger partial charge in [-0.2, -0.15) is 0 Å². The minimum atomic E-state index is -0.594. The van der Waals surface area contributed by atoms with Gasteiger partial charge in [0.05, 0.1) is 36.6 Å². The van der Waals surface area contributed by atoms with Crippen LogP contribution in [0.1, 0.15) is 73.2 Å². The molecule has 5 rings (SSSR count). The van der Waals surface area contributed by atoms with E-state index in [-0.39, 0.29) is 36.1 Å². The van der Waals surface area contributed by atoms with E-state index in [1.165, 1.54) is 12.1 Å². The highest BCUT2D eigenvalue weighted by Crippen LogP contribution is 2.47. The van der Waals surface area contributed by atoms with Crippen LogP contribution in [0.25, 0.3) is 0 Å². The van der Waals surface area contributed by atoms with Crippen LogP contribution in [0.4, 0.5) is 4.39 Å². The molecule has 2 atom stereocenters. The molecule has 1 N–H and O–H groups in total. The molecule has 1 aliphatic carbocycles. The summed E-state index contributed by atoms with van der Waals surface area (Å²) in [6.07, 6.45) is 3.52. The molecule has 0 spiro atoms. The number of halogens is 1. The molecule has 1 aliphatic heterocycles. The van der Waals surface area contributed by atoms with E-state index in [0.717, 1.165) is 16.8 Å². The van der Waals surface area contributed by atoms with Crippen molar-refractivity contribution in [1.82, 2.24) is 5.32 Å². The molecular weight excluding hydrogens is 535 g/mol. The average molecular weight is 571 g/mol. The number of amides is 1. The number of esters is 1. The Hall–Kier alpha value is -4.33. The number of carbonyl (C=O) groups is 3. The summed E-state index contributed by atoms with van der Waals surface area (Å²) in [5.41, 5.74) is 3.57. The number of ketones is 1. The van der Waals surface area contributed by atoms with Crippen molar-refractivity contribution in [1.29, 1.82) is 0 Å². The fourth-order valence-corrected chi connectivity index (χ4v) is 5.94. The Morgan fingerprint density at radius 3 is 2.43 bits per heavy atom. The van der Waals surface area contributed by atoms with E-state index >= 15 is 0 Å². The Bertz CT molecular complexity index is 1520. The molecule has 8 heteroatoms. The summed E-state index contributed by atoms with van der Waals surface area (Å²) >= 11 is 0. The van der Waals surface area contributed by atoms with Crippen molar-refractivity contribution >= 4 is 23.4 Å². The minimum absolute atomic E-state index is 0.0367. The summed E-state index contributed by atoms with van der Waals surface area (Å²) in [7, 11) is 0. The largest absolute Gasteiger partial charge is 0.467 e. The van der Waals surface area contributed by atoms with Crippen molar-refractivity contribution in [3.8, 4) is 0 Å². The maximum absolute atomic E-state index is 13.7. The maximum Gasteiger partial charge on any atom is 0.336 e. The second-order valence-electron chi connectivity index (χ2n) is 11.6. The molecule has 0 saturated heterocycles. The fourth-order valence-electron chi connectivity index (χ4n) is 5.94. The van der Waals surface area contributed by atoms with Gasteiger partial charge in [-0.1, -0.05) is 38.1 Å². The number of furan rings is 1. The first-order valence-electron chi connectivity index (χ1n) is 14.3. The topological polar surface area (TPSA) is 98.0 Å². The van der Waals surface area contributed by atoms with Crippen molar-refractivity contribution < 1.29 is 27.9 Å². The Labute approximate surface area is 244 Å². The fraction of sp³-hybridized carbons (Fsp3) is 0.353. The normalized spacial score (nSPS) is 19.6. The van der Waals surface area contributed by atoms with Crippen LogP contribution in [-0.4, -0.2) is 30.0 Å². The lowest BCUT2D eigenvalue weighted by molar-refractivity contribution is -0.139. The van der Waals surface area contributed by atoms with Gasteiger partial charge in [0, 0.05) is 23.6 Å². The first kappa shape index (κ1) is 29.2. The molecule has 2 unspecified atom stereocenters. The number of benzene rings is 2. The van der Waals surface area contributed by atoms with Gasteiger partial charge in [-0.3, -0.25) is 14.6 Å². The molecule has 2 heterocycles. The first-order chi connectivity index (χ1) is 20.1. The average Bonchev–Trinajstić information content (AvgIpc) is 3.48. The van der Waals surface area contributed by atoms with Crippen LogP contribution in [0.3, 0.4) is 0 Å². The van der Waals surface area contributed by atoms with Gasteiger partial charge in [-0.05, 0) is 79.1 Å². The Balaban J connectivity index is 1.51. The number of hydrogen-bond acceptors (Lipinski definition) is 6. The maximum atomic E-state index is 13.7. The molecular formula is C34H35FN2O5. The number of nitrogens with zero attached hydrogens (tertiary/aromatic N) is 1. The van der Waals surface area contributed by atoms with Crippen LogP contribution in [0.15, 0.2) is 87.6 Å². The summed E-state index contributed by atoms with van der Waals surface area (Å²) in [5, 5.41) is 2.84. The zero-order valence-corrected chi connectivity index (χ0v) is 24.1. The number of hydrogen-bond donors (Lipinski definition) is 1. The quantitative estimate of drug-likeness (QED) is 0.303. The van der Waals surface area contributed by atoms with Gasteiger partial charge in [0.1, 0.15) is 17.4 Å². The van der Waals surface area contributed by atoms with Gasteiger partial charge in [0.15, 0.2) is 0 Å².